The molecule has 1 N–H and O–H groups in total. The van der Waals surface area contributed by atoms with Gasteiger partial charge in [0.15, 0.2) is 11.5 Å². The number of thioether (sulfide) groups is 1. The third kappa shape index (κ3) is 5.93. The van der Waals surface area contributed by atoms with Gasteiger partial charge in [0, 0.05) is 12.7 Å². The largest absolute Gasteiger partial charge is 0.493 e. The zero-order valence-electron chi connectivity index (χ0n) is 16.2. The number of carbonyl (C=O) groups is 1. The number of nitrogens with one attached hydrogen (secondary N) is 1. The highest BCUT2D eigenvalue weighted by Crippen LogP contribution is 2.29. The van der Waals surface area contributed by atoms with Gasteiger partial charge >= 0.3 is 0 Å². The van der Waals surface area contributed by atoms with Crippen LogP contribution in [0.2, 0.25) is 0 Å². The van der Waals surface area contributed by atoms with E-state index in [0.717, 1.165) is 11.1 Å². The molecule has 2 aromatic carbocycles. The molecule has 3 rings (SSSR count). The maximum absolute atomic E-state index is 12.7. The molecule has 0 saturated carbocycles. The highest BCUT2D eigenvalue weighted by Gasteiger charge is 2.16. The van der Waals surface area contributed by atoms with E-state index >= 15 is 0 Å². The van der Waals surface area contributed by atoms with E-state index in [1.807, 2.05) is 30.3 Å². The third-order valence-electron chi connectivity index (χ3n) is 4.13. The molecule has 0 fully saturated rings. The van der Waals surface area contributed by atoms with Gasteiger partial charge < -0.3 is 14.8 Å². The first-order chi connectivity index (χ1) is 14.6. The van der Waals surface area contributed by atoms with Crippen LogP contribution in [0.3, 0.4) is 0 Å². The number of nitrogens with zero attached hydrogens (tertiary/aromatic N) is 1. The summed E-state index contributed by atoms with van der Waals surface area (Å²) in [6.07, 6.45) is 1.38. The highest BCUT2D eigenvalue weighted by molar-refractivity contribution is 7.99. The number of amides is 1. The molecule has 156 valence electrons. The van der Waals surface area contributed by atoms with E-state index in [1.54, 1.807) is 18.2 Å². The number of alkyl halides is 2. The van der Waals surface area contributed by atoms with Crippen LogP contribution in [0.5, 0.6) is 11.5 Å². The van der Waals surface area contributed by atoms with Crippen LogP contribution >= 0.6 is 11.8 Å². The van der Waals surface area contributed by atoms with E-state index in [-0.39, 0.29) is 28.9 Å². The second-order valence-corrected chi connectivity index (χ2v) is 7.16. The van der Waals surface area contributed by atoms with Gasteiger partial charge in [-0.25, -0.2) is 4.98 Å². The van der Waals surface area contributed by atoms with Crippen molar-refractivity contribution in [2.45, 2.75) is 23.9 Å². The van der Waals surface area contributed by atoms with Crippen LogP contribution in [0.4, 0.5) is 8.78 Å². The summed E-state index contributed by atoms with van der Waals surface area (Å²) in [6.45, 7) is 0.598. The Kier molecular flexibility index (Phi) is 7.62. The van der Waals surface area contributed by atoms with Crippen molar-refractivity contribution in [2.75, 3.05) is 7.11 Å². The van der Waals surface area contributed by atoms with E-state index < -0.39 is 11.7 Å². The van der Waals surface area contributed by atoms with Gasteiger partial charge in [-0.15, -0.1) is 0 Å². The number of pyridine rings is 1. The fraction of sp³-hybridized carbons (Fsp3) is 0.182. The highest BCUT2D eigenvalue weighted by atomic mass is 32.2. The zero-order valence-corrected chi connectivity index (χ0v) is 17.0. The molecule has 3 aromatic rings. The van der Waals surface area contributed by atoms with Crippen LogP contribution in [-0.4, -0.2) is 23.8 Å². The minimum absolute atomic E-state index is 0.00718. The number of hydrogen-bond acceptors (Lipinski definition) is 5. The first kappa shape index (κ1) is 21.6. The molecule has 0 radical (unpaired) electrons. The second-order valence-electron chi connectivity index (χ2n) is 6.18. The normalized spacial score (nSPS) is 10.7. The van der Waals surface area contributed by atoms with Crippen LogP contribution in [0.25, 0.3) is 0 Å². The minimum atomic E-state index is -2.65. The van der Waals surface area contributed by atoms with Crippen molar-refractivity contribution in [1.82, 2.24) is 10.3 Å². The van der Waals surface area contributed by atoms with Crippen molar-refractivity contribution in [2.24, 2.45) is 0 Å². The van der Waals surface area contributed by atoms with Gasteiger partial charge in [-0.05, 0) is 47.2 Å². The Morgan fingerprint density at radius 1 is 1.07 bits per heavy atom. The molecule has 0 bridgehead atoms. The fourth-order valence-electron chi connectivity index (χ4n) is 2.70. The predicted octanol–water partition coefficient (Wildman–Crippen LogP) is 4.91. The van der Waals surface area contributed by atoms with Crippen molar-refractivity contribution >= 4 is 17.7 Å². The summed E-state index contributed by atoms with van der Waals surface area (Å²) in [5.41, 5.74) is 1.92. The molecular formula is C22H20F2N2O3S. The summed E-state index contributed by atoms with van der Waals surface area (Å²) in [5.74, 6) is -2.01. The Bertz CT molecular complexity index is 987. The number of ether oxygens (including phenoxy) is 2. The number of carbonyl (C=O) groups excluding carboxylic acids is 1. The summed E-state index contributed by atoms with van der Waals surface area (Å²) in [4.78, 5) is 16.3. The lowest BCUT2D eigenvalue weighted by atomic mass is 10.2. The summed E-state index contributed by atoms with van der Waals surface area (Å²) in [5, 5.41) is 2.72. The van der Waals surface area contributed by atoms with E-state index in [2.05, 4.69) is 10.3 Å². The maximum atomic E-state index is 12.7. The predicted molar refractivity (Wildman–Crippen MR) is 111 cm³/mol. The van der Waals surface area contributed by atoms with Gasteiger partial charge in [0.05, 0.1) is 12.7 Å². The Balaban J connectivity index is 1.64. The van der Waals surface area contributed by atoms with Gasteiger partial charge in [-0.1, -0.05) is 36.4 Å². The number of benzene rings is 2. The van der Waals surface area contributed by atoms with Crippen molar-refractivity contribution in [3.63, 3.8) is 0 Å². The molecular weight excluding hydrogens is 410 g/mol. The van der Waals surface area contributed by atoms with E-state index in [0.29, 0.717) is 18.1 Å². The van der Waals surface area contributed by atoms with Crippen LogP contribution in [0.15, 0.2) is 71.9 Å². The van der Waals surface area contributed by atoms with Crippen LogP contribution in [-0.2, 0) is 13.2 Å². The van der Waals surface area contributed by atoms with Gasteiger partial charge in [0.25, 0.3) is 11.7 Å². The van der Waals surface area contributed by atoms with Crippen molar-refractivity contribution in [1.29, 1.82) is 0 Å². The van der Waals surface area contributed by atoms with Crippen molar-refractivity contribution < 1.29 is 23.0 Å². The number of aromatic nitrogens is 1. The van der Waals surface area contributed by atoms with E-state index in [9.17, 15) is 13.6 Å². The van der Waals surface area contributed by atoms with Crippen molar-refractivity contribution in [3.05, 3.63) is 83.6 Å². The Hall–Kier alpha value is -3.13. The Morgan fingerprint density at radius 3 is 2.60 bits per heavy atom. The third-order valence-corrected chi connectivity index (χ3v) is 4.86. The maximum Gasteiger partial charge on any atom is 0.290 e. The van der Waals surface area contributed by atoms with Crippen LogP contribution in [0, 0.1) is 0 Å². The average Bonchev–Trinajstić information content (AvgIpc) is 2.77. The summed E-state index contributed by atoms with van der Waals surface area (Å²) >= 11 is 0.245. The lowest BCUT2D eigenvalue weighted by molar-refractivity contribution is 0.0947. The smallest absolute Gasteiger partial charge is 0.290 e. The molecule has 0 saturated heterocycles. The molecule has 0 spiro atoms. The molecule has 0 aliphatic carbocycles. The fourth-order valence-corrected chi connectivity index (χ4v) is 3.27. The summed E-state index contributed by atoms with van der Waals surface area (Å²) in [6, 6.07) is 18.1. The van der Waals surface area contributed by atoms with E-state index in [4.69, 9.17) is 9.47 Å². The molecule has 1 amide bonds. The van der Waals surface area contributed by atoms with Crippen LogP contribution < -0.4 is 14.8 Å². The molecule has 5 nitrogen and oxygen atoms in total. The monoisotopic (exact) mass is 430 g/mol. The molecule has 0 aliphatic heterocycles. The van der Waals surface area contributed by atoms with E-state index in [1.165, 1.54) is 25.4 Å². The quantitative estimate of drug-likeness (QED) is 0.489. The summed E-state index contributed by atoms with van der Waals surface area (Å²) < 4.78 is 36.6. The second kappa shape index (κ2) is 10.6. The van der Waals surface area contributed by atoms with Gasteiger partial charge in [0.1, 0.15) is 11.6 Å². The molecule has 0 unspecified atom stereocenters. The lowest BCUT2D eigenvalue weighted by Gasteiger charge is -2.13. The lowest BCUT2D eigenvalue weighted by Crippen LogP contribution is -2.23. The molecule has 1 heterocycles. The Morgan fingerprint density at radius 2 is 1.87 bits per heavy atom. The molecule has 0 aliphatic rings. The molecule has 30 heavy (non-hydrogen) atoms. The first-order valence-electron chi connectivity index (χ1n) is 9.08. The first-order valence-corrected chi connectivity index (χ1v) is 9.96. The SMILES string of the molecule is COc1cc(CNC(=O)c2cccnc2SC(F)F)ccc1OCc1ccccc1. The average molecular weight is 430 g/mol. The zero-order chi connectivity index (χ0) is 21.3. The number of halogens is 2. The number of hydrogen-bond donors (Lipinski definition) is 1. The topological polar surface area (TPSA) is 60.5 Å². The van der Waals surface area contributed by atoms with Crippen LogP contribution in [0.1, 0.15) is 21.5 Å². The minimum Gasteiger partial charge on any atom is -0.493 e. The van der Waals surface area contributed by atoms with Gasteiger partial charge in [-0.3, -0.25) is 4.79 Å². The standard InChI is InChI=1S/C22H20F2N2O3S/c1-28-19-12-16(9-10-18(19)29-14-15-6-3-2-4-7-15)13-26-20(27)17-8-5-11-25-21(17)30-22(23)24/h2-12,22H,13-14H2,1H3,(H,26,27). The van der Waals surface area contributed by atoms with Gasteiger partial charge in [-0.2, -0.15) is 8.78 Å². The molecule has 1 aromatic heterocycles. The van der Waals surface area contributed by atoms with Gasteiger partial charge in [0.2, 0.25) is 0 Å². The molecule has 8 heteroatoms. The van der Waals surface area contributed by atoms with Crippen molar-refractivity contribution in [3.8, 4) is 11.5 Å². The molecule has 0 atom stereocenters. The Labute approximate surface area is 177 Å². The number of rotatable bonds is 9. The summed E-state index contributed by atoms with van der Waals surface area (Å²) in [7, 11) is 1.54. The number of methoxy groups -OCH3 is 1.